The summed E-state index contributed by atoms with van der Waals surface area (Å²) in [6.07, 6.45) is 8.38. The molecule has 0 saturated heterocycles. The number of hydrogen-bond acceptors (Lipinski definition) is 5. The maximum Gasteiger partial charge on any atom is 0.157 e. The summed E-state index contributed by atoms with van der Waals surface area (Å²) in [5, 5.41) is 15.5. The lowest BCUT2D eigenvalue weighted by atomic mass is 10.2. The lowest BCUT2D eigenvalue weighted by Crippen LogP contribution is -2.11. The van der Waals surface area contributed by atoms with Crippen LogP contribution >= 0.6 is 0 Å². The Morgan fingerprint density at radius 3 is 3.05 bits per heavy atom. The highest BCUT2D eigenvalue weighted by Gasteiger charge is 2.05. The van der Waals surface area contributed by atoms with E-state index in [0.717, 1.165) is 49.5 Å². The van der Waals surface area contributed by atoms with Gasteiger partial charge in [-0.05, 0) is 12.8 Å². The van der Waals surface area contributed by atoms with Gasteiger partial charge in [-0.15, -0.1) is 5.10 Å². The van der Waals surface area contributed by atoms with Crippen molar-refractivity contribution in [2.24, 2.45) is 0 Å². The minimum Gasteiger partial charge on any atom is -0.370 e. The largest absolute Gasteiger partial charge is 0.370 e. The van der Waals surface area contributed by atoms with Crippen LogP contribution in [0.1, 0.15) is 25.5 Å². The minimum absolute atomic E-state index is 0.849. The average molecular weight is 285 g/mol. The fourth-order valence-electron chi connectivity index (χ4n) is 2.28. The van der Waals surface area contributed by atoms with E-state index in [1.165, 1.54) is 0 Å². The third kappa shape index (κ3) is 3.18. The molecule has 0 saturated carbocycles. The molecular formula is C14H19N7. The highest BCUT2D eigenvalue weighted by Crippen LogP contribution is 2.13. The number of nitrogens with zero attached hydrogens (tertiary/aromatic N) is 6. The van der Waals surface area contributed by atoms with E-state index < -0.39 is 0 Å². The van der Waals surface area contributed by atoms with E-state index in [9.17, 15) is 0 Å². The second-order valence-corrected chi connectivity index (χ2v) is 4.93. The molecule has 3 heterocycles. The Morgan fingerprint density at radius 1 is 1.29 bits per heavy atom. The van der Waals surface area contributed by atoms with Gasteiger partial charge in [0.1, 0.15) is 5.82 Å². The van der Waals surface area contributed by atoms with Crippen molar-refractivity contribution in [1.29, 1.82) is 0 Å². The first-order valence-electron chi connectivity index (χ1n) is 7.28. The van der Waals surface area contributed by atoms with Gasteiger partial charge in [-0.2, -0.15) is 9.61 Å². The first kappa shape index (κ1) is 13.5. The zero-order valence-electron chi connectivity index (χ0n) is 12.1. The van der Waals surface area contributed by atoms with Crippen molar-refractivity contribution in [3.05, 3.63) is 36.4 Å². The molecule has 0 amide bonds. The lowest BCUT2D eigenvalue weighted by molar-refractivity contribution is 0.569. The Labute approximate surface area is 123 Å². The van der Waals surface area contributed by atoms with E-state index in [2.05, 4.69) is 38.7 Å². The van der Waals surface area contributed by atoms with Gasteiger partial charge < -0.3 is 5.32 Å². The van der Waals surface area contributed by atoms with Crippen LogP contribution in [0.15, 0.2) is 30.7 Å². The molecule has 0 unspecified atom stereocenters. The Kier molecular flexibility index (Phi) is 4.09. The molecule has 1 N–H and O–H groups in total. The molecule has 0 aliphatic heterocycles. The fourth-order valence-corrected chi connectivity index (χ4v) is 2.28. The van der Waals surface area contributed by atoms with Crippen LogP contribution in [-0.4, -0.2) is 36.1 Å². The molecule has 0 aliphatic carbocycles. The molecule has 0 radical (unpaired) electrons. The number of fused-ring (bicyclic) bond motifs is 1. The summed E-state index contributed by atoms with van der Waals surface area (Å²) in [6, 6.07) is 4.01. The monoisotopic (exact) mass is 285 g/mol. The van der Waals surface area contributed by atoms with E-state index >= 15 is 0 Å². The zero-order chi connectivity index (χ0) is 14.5. The van der Waals surface area contributed by atoms with Gasteiger partial charge in [0.05, 0.1) is 12.4 Å². The van der Waals surface area contributed by atoms with Crippen LogP contribution in [0.5, 0.6) is 0 Å². The summed E-state index contributed by atoms with van der Waals surface area (Å²) in [6.45, 7) is 3.86. The summed E-state index contributed by atoms with van der Waals surface area (Å²) >= 11 is 0. The lowest BCUT2D eigenvalue weighted by Gasteiger charge is -2.10. The average Bonchev–Trinajstić information content (AvgIpc) is 3.14. The Bertz CT molecular complexity index is 686. The standard InChI is InChI=1S/C14H19N7/c1-2-4-12-11-14(21-13(18-12)5-7-17-21)15-6-3-9-20-10-8-16-19-20/h5,7-8,10-11,15H,2-4,6,9H2,1H3. The summed E-state index contributed by atoms with van der Waals surface area (Å²) < 4.78 is 3.68. The first-order valence-corrected chi connectivity index (χ1v) is 7.28. The van der Waals surface area contributed by atoms with Crippen molar-refractivity contribution in [2.45, 2.75) is 32.7 Å². The smallest absolute Gasteiger partial charge is 0.157 e. The number of rotatable bonds is 7. The van der Waals surface area contributed by atoms with Gasteiger partial charge in [-0.25, -0.2) is 4.98 Å². The van der Waals surface area contributed by atoms with Crippen molar-refractivity contribution in [2.75, 3.05) is 11.9 Å². The van der Waals surface area contributed by atoms with Crippen LogP contribution in [0.25, 0.3) is 5.65 Å². The third-order valence-electron chi connectivity index (χ3n) is 3.26. The van der Waals surface area contributed by atoms with Crippen LogP contribution in [0.3, 0.4) is 0 Å². The molecule has 0 spiro atoms. The third-order valence-corrected chi connectivity index (χ3v) is 3.26. The maximum absolute atomic E-state index is 4.59. The molecule has 0 bridgehead atoms. The van der Waals surface area contributed by atoms with Crippen molar-refractivity contribution in [3.8, 4) is 0 Å². The van der Waals surface area contributed by atoms with E-state index in [1.54, 1.807) is 12.4 Å². The predicted molar refractivity (Wildman–Crippen MR) is 80.1 cm³/mol. The maximum atomic E-state index is 4.59. The Balaban J connectivity index is 1.66. The van der Waals surface area contributed by atoms with E-state index in [1.807, 2.05) is 21.5 Å². The molecular weight excluding hydrogens is 266 g/mol. The van der Waals surface area contributed by atoms with E-state index in [4.69, 9.17) is 0 Å². The van der Waals surface area contributed by atoms with Gasteiger partial charge in [0.2, 0.25) is 0 Å². The summed E-state index contributed by atoms with van der Waals surface area (Å²) in [4.78, 5) is 4.59. The molecule has 3 rings (SSSR count). The Morgan fingerprint density at radius 2 is 2.24 bits per heavy atom. The van der Waals surface area contributed by atoms with Crippen LogP contribution in [0, 0.1) is 0 Å². The molecule has 7 heteroatoms. The highest BCUT2D eigenvalue weighted by molar-refractivity contribution is 5.49. The quantitative estimate of drug-likeness (QED) is 0.670. The SMILES string of the molecule is CCCc1cc(NCCCn2ccnn2)n2nccc2n1. The van der Waals surface area contributed by atoms with Gasteiger partial charge in [0.25, 0.3) is 0 Å². The van der Waals surface area contributed by atoms with Gasteiger partial charge in [-0.1, -0.05) is 18.6 Å². The van der Waals surface area contributed by atoms with Gasteiger partial charge in [0.15, 0.2) is 5.65 Å². The molecule has 110 valence electrons. The second kappa shape index (κ2) is 6.34. The zero-order valence-corrected chi connectivity index (χ0v) is 12.1. The van der Waals surface area contributed by atoms with Gasteiger partial charge in [-0.3, -0.25) is 4.68 Å². The number of anilines is 1. The minimum atomic E-state index is 0.849. The molecule has 0 atom stereocenters. The van der Waals surface area contributed by atoms with Crippen molar-refractivity contribution in [1.82, 2.24) is 29.6 Å². The number of hydrogen-bond donors (Lipinski definition) is 1. The van der Waals surface area contributed by atoms with Crippen LogP contribution in [0.4, 0.5) is 5.82 Å². The summed E-state index contributed by atoms with van der Waals surface area (Å²) in [5.41, 5.74) is 1.99. The van der Waals surface area contributed by atoms with Gasteiger partial charge in [0, 0.05) is 37.1 Å². The molecule has 21 heavy (non-hydrogen) atoms. The molecule has 0 aliphatic rings. The fraction of sp³-hybridized carbons (Fsp3) is 0.429. The molecule has 0 aromatic carbocycles. The molecule has 3 aromatic heterocycles. The van der Waals surface area contributed by atoms with E-state index in [0.29, 0.717) is 0 Å². The van der Waals surface area contributed by atoms with Crippen LogP contribution in [-0.2, 0) is 13.0 Å². The van der Waals surface area contributed by atoms with Crippen molar-refractivity contribution < 1.29 is 0 Å². The van der Waals surface area contributed by atoms with Crippen molar-refractivity contribution >= 4 is 11.5 Å². The number of aromatic nitrogens is 6. The molecule has 7 nitrogen and oxygen atoms in total. The first-order chi connectivity index (χ1) is 10.4. The molecule has 0 fully saturated rings. The predicted octanol–water partition coefficient (Wildman–Crippen LogP) is 1.78. The second-order valence-electron chi connectivity index (χ2n) is 4.93. The number of aryl methyl sites for hydroxylation is 2. The highest BCUT2D eigenvalue weighted by atomic mass is 15.4. The molecule has 3 aromatic rings. The van der Waals surface area contributed by atoms with E-state index in [-0.39, 0.29) is 0 Å². The topological polar surface area (TPSA) is 72.9 Å². The van der Waals surface area contributed by atoms with Crippen LogP contribution in [0.2, 0.25) is 0 Å². The number of nitrogens with one attached hydrogen (secondary N) is 1. The summed E-state index contributed by atoms with van der Waals surface area (Å²) in [5.74, 6) is 0.993. The normalized spacial score (nSPS) is 11.1. The van der Waals surface area contributed by atoms with Crippen LogP contribution < -0.4 is 5.32 Å². The Hall–Kier alpha value is -2.44. The van der Waals surface area contributed by atoms with Gasteiger partial charge >= 0.3 is 0 Å². The summed E-state index contributed by atoms with van der Waals surface area (Å²) in [7, 11) is 0. The van der Waals surface area contributed by atoms with Crippen molar-refractivity contribution in [3.63, 3.8) is 0 Å².